The monoisotopic (exact) mass is 583 g/mol. The van der Waals surface area contributed by atoms with Gasteiger partial charge in [-0.2, -0.15) is 0 Å². The number of amides is 2. The second-order valence-corrected chi connectivity index (χ2v) is 10.6. The Kier molecular flexibility index (Phi) is 8.21. The quantitative estimate of drug-likeness (QED) is 0.267. The molecule has 5 rings (SSSR count). The van der Waals surface area contributed by atoms with Gasteiger partial charge in [0.15, 0.2) is 5.82 Å². The molecule has 0 aliphatic carbocycles. The number of cyclic esters (lactones) is 1. The summed E-state index contributed by atoms with van der Waals surface area (Å²) in [6, 6.07) is 10.1. The lowest BCUT2D eigenvalue weighted by Gasteiger charge is -2.37. The molecule has 1 N–H and O–H groups in total. The van der Waals surface area contributed by atoms with E-state index in [1.807, 2.05) is 6.92 Å². The highest BCUT2D eigenvalue weighted by molar-refractivity contribution is 6.30. The molecule has 1 unspecified atom stereocenters. The minimum Gasteiger partial charge on any atom is -0.465 e. The summed E-state index contributed by atoms with van der Waals surface area (Å²) in [6.45, 7) is 1.98. The largest absolute Gasteiger partial charge is 0.465 e. The number of nitrogens with zero attached hydrogens (tertiary/aromatic N) is 2. The van der Waals surface area contributed by atoms with Gasteiger partial charge in [-0.1, -0.05) is 24.9 Å². The summed E-state index contributed by atoms with van der Waals surface area (Å²) in [7, 11) is 1.29. The lowest BCUT2D eigenvalue weighted by molar-refractivity contribution is -0.119. The molecule has 8 nitrogen and oxygen atoms in total. The van der Waals surface area contributed by atoms with Crippen LogP contribution in [0.25, 0.3) is 11.1 Å². The Morgan fingerprint density at radius 2 is 1.93 bits per heavy atom. The predicted octanol–water partition coefficient (Wildman–Crippen LogP) is 6.85. The lowest BCUT2D eigenvalue weighted by Crippen LogP contribution is -2.42. The summed E-state index contributed by atoms with van der Waals surface area (Å²) in [4.78, 5) is 44.6. The van der Waals surface area contributed by atoms with Crippen molar-refractivity contribution in [2.45, 2.75) is 44.8 Å². The van der Waals surface area contributed by atoms with Crippen molar-refractivity contribution in [3.05, 3.63) is 82.1 Å². The summed E-state index contributed by atoms with van der Waals surface area (Å²) in [6.07, 6.45) is 1.49. The number of hydrogen-bond donors (Lipinski definition) is 1. The Hall–Kier alpha value is -4.05. The van der Waals surface area contributed by atoms with Crippen LogP contribution in [0, 0.1) is 17.6 Å². The first kappa shape index (κ1) is 28.5. The normalized spacial score (nSPS) is 21.1. The first-order chi connectivity index (χ1) is 19.7. The van der Waals surface area contributed by atoms with Gasteiger partial charge < -0.3 is 14.8 Å². The van der Waals surface area contributed by atoms with Crippen LogP contribution in [0.1, 0.15) is 66.4 Å². The molecular weight excluding hydrogens is 556 g/mol. The number of halogens is 3. The minimum absolute atomic E-state index is 0.139. The van der Waals surface area contributed by atoms with Crippen LogP contribution in [0.5, 0.6) is 0 Å². The van der Waals surface area contributed by atoms with Crippen molar-refractivity contribution in [2.75, 3.05) is 19.0 Å². The molecule has 2 amide bonds. The molecule has 3 atom stereocenters. The summed E-state index contributed by atoms with van der Waals surface area (Å²) in [5.41, 5.74) is 2.29. The highest BCUT2D eigenvalue weighted by atomic mass is 35.5. The maximum atomic E-state index is 14.7. The van der Waals surface area contributed by atoms with E-state index in [9.17, 15) is 23.2 Å². The molecule has 2 aliphatic heterocycles. The van der Waals surface area contributed by atoms with Crippen molar-refractivity contribution >= 4 is 35.3 Å². The van der Waals surface area contributed by atoms with Crippen LogP contribution in [-0.2, 0) is 14.3 Å². The molecule has 41 heavy (non-hydrogen) atoms. The Morgan fingerprint density at radius 3 is 2.68 bits per heavy atom. The first-order valence-electron chi connectivity index (χ1n) is 13.3. The molecule has 2 bridgehead atoms. The lowest BCUT2D eigenvalue weighted by atomic mass is 9.93. The number of ether oxygens (including phenoxy) is 2. The number of aromatic nitrogens is 1. The molecule has 0 spiro atoms. The number of hydrogen-bond acceptors (Lipinski definition) is 6. The van der Waals surface area contributed by atoms with Gasteiger partial charge in [0, 0.05) is 36.3 Å². The third-order valence-electron chi connectivity index (χ3n) is 7.58. The van der Waals surface area contributed by atoms with Gasteiger partial charge in [0.1, 0.15) is 11.9 Å². The number of carbonyl (C=O) groups excluding carboxylic acids is 3. The number of rotatable bonds is 3. The molecule has 11 heteroatoms. The molecule has 2 aliphatic rings. The Balaban J connectivity index is 1.51. The molecule has 3 heterocycles. The fraction of sp³-hybridized carbons (Fsp3) is 0.333. The van der Waals surface area contributed by atoms with Crippen molar-refractivity contribution in [1.29, 1.82) is 0 Å². The van der Waals surface area contributed by atoms with E-state index in [-0.39, 0.29) is 35.4 Å². The number of carbonyl (C=O) groups is 3. The average Bonchev–Trinajstić information content (AvgIpc) is 2.97. The third kappa shape index (κ3) is 5.74. The second kappa shape index (κ2) is 11.8. The smallest absolute Gasteiger partial charge is 0.410 e. The number of nitrogens with one attached hydrogen (secondary N) is 1. The van der Waals surface area contributed by atoms with Crippen LogP contribution in [0.3, 0.4) is 0 Å². The van der Waals surface area contributed by atoms with Crippen LogP contribution in [-0.4, -0.2) is 41.5 Å². The number of pyridine rings is 1. The Bertz CT molecular complexity index is 1520. The number of fused-ring (bicyclic) bond motifs is 4. The molecular formula is C30H28ClF2N3O5. The van der Waals surface area contributed by atoms with Crippen LogP contribution in [0.4, 0.5) is 19.3 Å². The molecule has 0 saturated carbocycles. The van der Waals surface area contributed by atoms with Gasteiger partial charge in [0.2, 0.25) is 5.91 Å². The van der Waals surface area contributed by atoms with Gasteiger partial charge in [-0.3, -0.25) is 14.7 Å². The predicted molar refractivity (Wildman–Crippen MR) is 147 cm³/mol. The van der Waals surface area contributed by atoms with Crippen molar-refractivity contribution in [3.8, 4) is 11.1 Å². The zero-order chi connectivity index (χ0) is 29.3. The zero-order valence-corrected chi connectivity index (χ0v) is 23.2. The Labute approximate surface area is 240 Å². The summed E-state index contributed by atoms with van der Waals surface area (Å²) in [5, 5.41) is 2.71. The molecule has 1 saturated heterocycles. The number of methoxy groups -OCH3 is 1. The second-order valence-electron chi connectivity index (χ2n) is 10.2. The van der Waals surface area contributed by atoms with E-state index < -0.39 is 35.8 Å². The van der Waals surface area contributed by atoms with Crippen LogP contribution >= 0.6 is 11.6 Å². The fourth-order valence-corrected chi connectivity index (χ4v) is 5.49. The maximum Gasteiger partial charge on any atom is 0.410 e. The van der Waals surface area contributed by atoms with Gasteiger partial charge in [0.25, 0.3) is 0 Å². The number of benzene rings is 2. The summed E-state index contributed by atoms with van der Waals surface area (Å²) in [5.74, 6) is -2.81. The molecule has 1 aromatic heterocycles. The SMILES string of the molecule is COC(=O)c1ccc2c(c1)-c1ccnc(c1)[C@@H](N1CC[C@H](c3c(F)ccc(Cl)c3F)OC1=O)CCCC(C)C(=O)N2. The first-order valence-corrected chi connectivity index (χ1v) is 13.7. The van der Waals surface area contributed by atoms with Crippen LogP contribution in [0.15, 0.2) is 48.7 Å². The van der Waals surface area contributed by atoms with Crippen molar-refractivity contribution < 1.29 is 32.6 Å². The third-order valence-corrected chi connectivity index (χ3v) is 7.87. The van der Waals surface area contributed by atoms with Crippen LogP contribution < -0.4 is 5.32 Å². The van der Waals surface area contributed by atoms with E-state index in [1.54, 1.807) is 36.5 Å². The highest BCUT2D eigenvalue weighted by Crippen LogP contribution is 2.39. The molecule has 214 valence electrons. The maximum absolute atomic E-state index is 14.7. The fourth-order valence-electron chi connectivity index (χ4n) is 5.32. The van der Waals surface area contributed by atoms with E-state index in [1.165, 1.54) is 12.0 Å². The molecule has 3 aromatic rings. The van der Waals surface area contributed by atoms with E-state index in [2.05, 4.69) is 10.3 Å². The van der Waals surface area contributed by atoms with E-state index in [0.717, 1.165) is 12.1 Å². The summed E-state index contributed by atoms with van der Waals surface area (Å²) < 4.78 is 39.6. The van der Waals surface area contributed by atoms with Crippen molar-refractivity contribution in [1.82, 2.24) is 9.88 Å². The van der Waals surface area contributed by atoms with Crippen molar-refractivity contribution in [3.63, 3.8) is 0 Å². The standard InChI is InChI=1S/C30H28ClF2N3O5/c1-16-4-3-5-24(36-13-11-25(41-30(36)39)26-21(32)8-7-20(31)27(26)33)23-15-17(10-12-34-23)19-14-18(29(38)40-2)6-9-22(19)35-28(16)37/h6-10,12,14-16,24-25H,3-5,11,13H2,1-2H3,(H,35,37)/t16?,24-,25+/m0/s1. The van der Waals surface area contributed by atoms with Crippen molar-refractivity contribution in [2.24, 2.45) is 5.92 Å². The average molecular weight is 584 g/mol. The van der Waals surface area contributed by atoms with Crippen LogP contribution in [0.2, 0.25) is 5.02 Å². The van der Waals surface area contributed by atoms with Gasteiger partial charge in [-0.05, 0) is 60.9 Å². The van der Waals surface area contributed by atoms with Gasteiger partial charge >= 0.3 is 12.1 Å². The van der Waals surface area contributed by atoms with Gasteiger partial charge in [-0.15, -0.1) is 0 Å². The minimum atomic E-state index is -1.13. The van der Waals surface area contributed by atoms with Gasteiger partial charge in [0.05, 0.1) is 35.0 Å². The topological polar surface area (TPSA) is 97.8 Å². The number of esters is 1. The van der Waals surface area contributed by atoms with E-state index in [4.69, 9.17) is 21.1 Å². The van der Waals surface area contributed by atoms with E-state index in [0.29, 0.717) is 47.3 Å². The zero-order valence-electron chi connectivity index (χ0n) is 22.5. The summed E-state index contributed by atoms with van der Waals surface area (Å²) >= 11 is 5.86. The molecule has 2 aromatic carbocycles. The molecule has 1 fully saturated rings. The Morgan fingerprint density at radius 1 is 1.12 bits per heavy atom. The van der Waals surface area contributed by atoms with Gasteiger partial charge in [-0.25, -0.2) is 18.4 Å². The van der Waals surface area contributed by atoms with E-state index >= 15 is 0 Å². The molecule has 0 radical (unpaired) electrons. The highest BCUT2D eigenvalue weighted by Gasteiger charge is 2.37. The number of anilines is 1.